The molecule has 0 aromatic carbocycles. The summed E-state index contributed by atoms with van der Waals surface area (Å²) in [4.78, 5) is 42.6. The Morgan fingerprint density at radius 1 is 1.02 bits per heavy atom. The minimum absolute atomic E-state index is 0.0209. The molecule has 0 spiro atoms. The first-order valence-corrected chi connectivity index (χ1v) is 18.6. The summed E-state index contributed by atoms with van der Waals surface area (Å²) in [6, 6.07) is -0.452. The monoisotopic (exact) mass is 729 g/mol. The van der Waals surface area contributed by atoms with E-state index in [1.165, 1.54) is 7.05 Å². The van der Waals surface area contributed by atoms with Crippen LogP contribution in [0.2, 0.25) is 0 Å². The predicted molar refractivity (Wildman–Crippen MR) is 193 cm³/mol. The van der Waals surface area contributed by atoms with Gasteiger partial charge in [0.15, 0.2) is 11.7 Å². The van der Waals surface area contributed by atoms with Crippen molar-refractivity contribution in [1.82, 2.24) is 16.0 Å². The third kappa shape index (κ3) is 12.4. The maximum absolute atomic E-state index is 13.9. The zero-order chi connectivity index (χ0) is 38.7. The molecule has 2 rings (SSSR count). The largest absolute Gasteiger partial charge is 0.459 e. The van der Waals surface area contributed by atoms with Crippen LogP contribution < -0.4 is 21.7 Å². The first kappa shape index (κ1) is 44.4. The summed E-state index contributed by atoms with van der Waals surface area (Å²) in [6.07, 6.45) is -1.46. The maximum atomic E-state index is 13.9. The lowest BCUT2D eigenvalue weighted by Gasteiger charge is -2.53. The Kier molecular flexibility index (Phi) is 16.9. The molecule has 2 heterocycles. The zero-order valence-electron chi connectivity index (χ0n) is 32.7. The lowest BCUT2D eigenvalue weighted by molar-refractivity contribution is -0.359. The van der Waals surface area contributed by atoms with Crippen LogP contribution in [0.1, 0.15) is 108 Å². The van der Waals surface area contributed by atoms with Crippen molar-refractivity contribution in [3.8, 4) is 0 Å². The molecular weight excluding hydrogens is 662 g/mol. The van der Waals surface area contributed by atoms with E-state index in [0.29, 0.717) is 45.4 Å². The molecule has 15 nitrogen and oxygen atoms in total. The number of aliphatic hydroxyl groups is 2. The second-order valence-electron chi connectivity index (χ2n) is 15.2. The van der Waals surface area contributed by atoms with E-state index in [9.17, 15) is 24.6 Å². The van der Waals surface area contributed by atoms with Gasteiger partial charge in [0.05, 0.1) is 29.8 Å². The standard InChI is InChI=1S/C36H67N5O10/c1-12-19-47-28-23(5)27(49-33(44)40-18-16-14-15-17-39-31(37)41-32(43)38-11)24(6)30(42)48-25(13-2)36(10,46)29-22(4)26(50-34(7,8)51-29)21(3)20-35(28,9)45/h21-29,45-46H,12-20H2,1-11H3,(H,40,44)(H4,37,38,39,41,43)/t21-,22+,23+,24-,25-,26+,27+,28-,29-,35-,36-/m1/s1. The molecule has 7 N–H and O–H groups in total. The maximum Gasteiger partial charge on any atom is 0.407 e. The molecule has 51 heavy (non-hydrogen) atoms. The van der Waals surface area contributed by atoms with Crippen LogP contribution in [0.25, 0.3) is 0 Å². The Morgan fingerprint density at radius 2 is 1.69 bits per heavy atom. The third-order valence-corrected chi connectivity index (χ3v) is 10.1. The quantitative estimate of drug-likeness (QED) is 0.0783. The van der Waals surface area contributed by atoms with Crippen molar-refractivity contribution in [3.63, 3.8) is 0 Å². The molecule has 3 amide bonds. The molecule has 0 unspecified atom stereocenters. The molecule has 2 saturated heterocycles. The molecule has 0 saturated carbocycles. The number of urea groups is 1. The molecule has 15 heteroatoms. The number of fused-ring (bicyclic) bond motifs is 2. The predicted octanol–water partition coefficient (Wildman–Crippen LogP) is 3.58. The van der Waals surface area contributed by atoms with Gasteiger partial charge in [-0.05, 0) is 79.1 Å². The summed E-state index contributed by atoms with van der Waals surface area (Å²) in [5, 5.41) is 31.8. The van der Waals surface area contributed by atoms with Crippen LogP contribution in [-0.2, 0) is 28.5 Å². The topological polar surface area (TPSA) is 212 Å². The van der Waals surface area contributed by atoms with Crippen LogP contribution in [0.4, 0.5) is 9.59 Å². The number of nitrogens with one attached hydrogen (secondary N) is 3. The van der Waals surface area contributed by atoms with Crippen LogP contribution in [0.5, 0.6) is 0 Å². The molecule has 2 aliphatic rings. The van der Waals surface area contributed by atoms with Crippen molar-refractivity contribution in [1.29, 1.82) is 0 Å². The van der Waals surface area contributed by atoms with Gasteiger partial charge in [0.1, 0.15) is 17.8 Å². The number of carbonyl (C=O) groups excluding carboxylic acids is 3. The molecule has 2 fully saturated rings. The smallest absolute Gasteiger partial charge is 0.407 e. The van der Waals surface area contributed by atoms with Crippen molar-refractivity contribution >= 4 is 24.1 Å². The van der Waals surface area contributed by atoms with Crippen molar-refractivity contribution in [2.45, 2.75) is 155 Å². The number of amides is 3. The lowest BCUT2D eigenvalue weighted by Crippen LogP contribution is -2.64. The van der Waals surface area contributed by atoms with E-state index >= 15 is 0 Å². The second kappa shape index (κ2) is 19.4. The number of carbonyl (C=O) groups is 3. The number of nitrogens with zero attached hydrogens (tertiary/aromatic N) is 1. The van der Waals surface area contributed by atoms with E-state index in [1.807, 2.05) is 27.7 Å². The van der Waals surface area contributed by atoms with E-state index in [1.54, 1.807) is 41.5 Å². The summed E-state index contributed by atoms with van der Waals surface area (Å²) in [5.74, 6) is -3.86. The highest BCUT2D eigenvalue weighted by molar-refractivity contribution is 5.95. The Bertz CT molecular complexity index is 1170. The number of esters is 1. The van der Waals surface area contributed by atoms with Crippen molar-refractivity contribution < 1.29 is 48.3 Å². The highest BCUT2D eigenvalue weighted by Crippen LogP contribution is 2.44. The number of unbranched alkanes of at least 4 members (excludes halogenated alkanes) is 2. The molecule has 11 atom stereocenters. The SMILES string of the molecule is CCCO[C@@H]1[C@@H](C)[C@H](OC(=O)NCCCCCN=C(N)NC(=O)NC)[C@@H](C)C(=O)O[C@H](CC)[C@@](C)(O)[C@@H]2OC(C)(C)O[C@H]([C@@H]2C)[C@H](C)C[C@@]1(C)O. The highest BCUT2D eigenvalue weighted by Gasteiger charge is 2.55. The van der Waals surface area contributed by atoms with Crippen LogP contribution in [0.15, 0.2) is 4.99 Å². The van der Waals surface area contributed by atoms with Gasteiger partial charge in [-0.3, -0.25) is 15.1 Å². The van der Waals surface area contributed by atoms with Crippen LogP contribution in [0.3, 0.4) is 0 Å². The number of aliphatic imine (C=N–C) groups is 1. The molecule has 296 valence electrons. The number of ether oxygens (including phenoxy) is 5. The summed E-state index contributed by atoms with van der Waals surface area (Å²) >= 11 is 0. The summed E-state index contributed by atoms with van der Waals surface area (Å²) in [6.45, 7) is 19.1. The second-order valence-corrected chi connectivity index (χ2v) is 15.2. The third-order valence-electron chi connectivity index (χ3n) is 10.1. The summed E-state index contributed by atoms with van der Waals surface area (Å²) in [7, 11) is 1.48. The molecular formula is C36H67N5O10. The fourth-order valence-corrected chi connectivity index (χ4v) is 7.57. The Balaban J connectivity index is 2.35. The molecule has 0 aromatic rings. The fourth-order valence-electron chi connectivity index (χ4n) is 7.57. The van der Waals surface area contributed by atoms with Gasteiger partial charge >= 0.3 is 18.1 Å². The number of hydrogen-bond donors (Lipinski definition) is 6. The Hall–Kier alpha value is -2.72. The average Bonchev–Trinajstić information content (AvgIpc) is 3.04. The summed E-state index contributed by atoms with van der Waals surface area (Å²) in [5.41, 5.74) is 2.64. The van der Waals surface area contributed by atoms with Gasteiger partial charge in [-0.1, -0.05) is 34.6 Å². The number of hydrogen-bond acceptors (Lipinski definition) is 11. The van der Waals surface area contributed by atoms with Gasteiger partial charge in [-0.2, -0.15) is 0 Å². The number of alkyl carbamates (subject to hydrolysis) is 1. The number of cyclic esters (lactones) is 1. The number of guanidine groups is 1. The zero-order valence-corrected chi connectivity index (χ0v) is 32.7. The normalized spacial score (nSPS) is 36.3. The van der Waals surface area contributed by atoms with E-state index in [-0.39, 0.29) is 24.2 Å². The first-order chi connectivity index (χ1) is 23.7. The van der Waals surface area contributed by atoms with Gasteiger partial charge in [-0.15, -0.1) is 0 Å². The molecule has 2 aliphatic heterocycles. The average molecular weight is 730 g/mol. The molecule has 0 aromatic heterocycles. The van der Waals surface area contributed by atoms with Gasteiger partial charge in [-0.25, -0.2) is 9.59 Å². The minimum Gasteiger partial charge on any atom is -0.459 e. The Labute approximate surface area is 304 Å². The van der Waals surface area contributed by atoms with E-state index in [4.69, 9.17) is 29.4 Å². The Morgan fingerprint density at radius 3 is 2.29 bits per heavy atom. The van der Waals surface area contributed by atoms with Gasteiger partial charge in [0.25, 0.3) is 0 Å². The fraction of sp³-hybridized carbons (Fsp3) is 0.889. The van der Waals surface area contributed by atoms with Crippen molar-refractivity contribution in [3.05, 3.63) is 0 Å². The molecule has 0 aliphatic carbocycles. The molecule has 2 bridgehead atoms. The van der Waals surface area contributed by atoms with Crippen molar-refractivity contribution in [2.75, 3.05) is 26.7 Å². The van der Waals surface area contributed by atoms with Gasteiger partial charge < -0.3 is 50.3 Å². The van der Waals surface area contributed by atoms with Crippen LogP contribution in [0, 0.1) is 23.7 Å². The highest BCUT2D eigenvalue weighted by atomic mass is 16.7. The minimum atomic E-state index is -1.60. The van der Waals surface area contributed by atoms with Crippen molar-refractivity contribution in [2.24, 2.45) is 34.4 Å². The van der Waals surface area contributed by atoms with Gasteiger partial charge in [0.2, 0.25) is 0 Å². The van der Waals surface area contributed by atoms with E-state index in [2.05, 4.69) is 20.9 Å². The lowest BCUT2D eigenvalue weighted by atomic mass is 9.72. The summed E-state index contributed by atoms with van der Waals surface area (Å²) < 4.78 is 31.1. The van der Waals surface area contributed by atoms with Gasteiger partial charge in [0, 0.05) is 38.6 Å². The first-order valence-electron chi connectivity index (χ1n) is 18.6. The van der Waals surface area contributed by atoms with Crippen LogP contribution in [-0.4, -0.2) is 109 Å². The molecule has 0 radical (unpaired) electrons. The number of nitrogens with two attached hydrogens (primary N) is 1. The van der Waals surface area contributed by atoms with E-state index < -0.39 is 77.4 Å². The number of rotatable bonds is 11. The van der Waals surface area contributed by atoms with Crippen LogP contribution >= 0.6 is 0 Å². The van der Waals surface area contributed by atoms with E-state index in [0.717, 1.165) is 6.42 Å².